The van der Waals surface area contributed by atoms with E-state index in [9.17, 15) is 0 Å². The van der Waals surface area contributed by atoms with Crippen LogP contribution in [0, 0.1) is 0 Å². The number of hydrogen-bond acceptors (Lipinski definition) is 0. The summed E-state index contributed by atoms with van der Waals surface area (Å²) in [5.41, 5.74) is 12.8. The molecule has 0 fully saturated rings. The van der Waals surface area contributed by atoms with Gasteiger partial charge in [0.1, 0.15) is 0 Å². The van der Waals surface area contributed by atoms with Crippen LogP contribution in [0.2, 0.25) is 13.1 Å². The molecule has 0 bridgehead atoms. The molecule has 4 rings (SSSR count). The Morgan fingerprint density at radius 1 is 0.654 bits per heavy atom. The van der Waals surface area contributed by atoms with Crippen molar-refractivity contribution >= 4 is 17.8 Å². The predicted octanol–water partition coefficient (Wildman–Crippen LogP) is 6.68. The maximum absolute atomic E-state index is 2.63. The Hall–Kier alpha value is -1.15. The summed E-state index contributed by atoms with van der Waals surface area (Å²) < 4.78 is 1.49. The Labute approximate surface area is 165 Å². The normalized spacial score (nSPS) is 21.5. The van der Waals surface area contributed by atoms with E-state index in [1.54, 1.807) is 33.4 Å². The Balaban J connectivity index is 1.89. The fraction of sp³-hybridized carbons (Fsp3) is 0.333. The Morgan fingerprint density at radius 2 is 1.04 bits per heavy atom. The van der Waals surface area contributed by atoms with Crippen molar-refractivity contribution in [3.05, 3.63) is 81.9 Å². The third kappa shape index (κ3) is 2.59. The van der Waals surface area contributed by atoms with Crippen molar-refractivity contribution in [3.63, 3.8) is 0 Å². The van der Waals surface area contributed by atoms with E-state index in [1.165, 1.54) is 11.1 Å². The van der Waals surface area contributed by atoms with Crippen LogP contribution in [-0.4, -0.2) is 6.66 Å². The van der Waals surface area contributed by atoms with Gasteiger partial charge in [0.25, 0.3) is 0 Å². The van der Waals surface area contributed by atoms with Gasteiger partial charge in [-0.15, -0.1) is 0 Å². The third-order valence-corrected chi connectivity index (χ3v) is 21.5. The van der Waals surface area contributed by atoms with Crippen molar-refractivity contribution in [1.29, 1.82) is 0 Å². The molecule has 2 aliphatic carbocycles. The van der Waals surface area contributed by atoms with E-state index in [0.29, 0.717) is 0 Å². The van der Waals surface area contributed by atoms with Crippen LogP contribution >= 0.6 is 0 Å². The summed E-state index contributed by atoms with van der Waals surface area (Å²) in [5.74, 6) is 0. The van der Waals surface area contributed by atoms with Crippen LogP contribution in [0.3, 0.4) is 0 Å². The van der Waals surface area contributed by atoms with E-state index >= 15 is 0 Å². The number of benzene rings is 2. The molecule has 133 valence electrons. The first-order chi connectivity index (χ1) is 12.4. The van der Waals surface area contributed by atoms with Gasteiger partial charge in [-0.25, -0.2) is 0 Å². The van der Waals surface area contributed by atoms with Crippen molar-refractivity contribution in [2.24, 2.45) is 0 Å². The third-order valence-electron chi connectivity index (χ3n) is 6.73. The molecule has 0 saturated carbocycles. The second kappa shape index (κ2) is 6.78. The molecule has 2 aromatic rings. The summed E-state index contributed by atoms with van der Waals surface area (Å²) >= 11 is -1.41. The van der Waals surface area contributed by atoms with Gasteiger partial charge in [0.2, 0.25) is 0 Å². The van der Waals surface area contributed by atoms with E-state index in [-0.39, 0.29) is 0 Å². The summed E-state index contributed by atoms with van der Waals surface area (Å²) in [4.78, 5) is 0. The van der Waals surface area contributed by atoms with Gasteiger partial charge in [-0.3, -0.25) is 0 Å². The monoisotopic (exact) mass is 393 g/mol. The molecule has 0 aliphatic heterocycles. The van der Waals surface area contributed by atoms with Gasteiger partial charge in [-0.1, -0.05) is 0 Å². The van der Waals surface area contributed by atoms with Crippen molar-refractivity contribution in [2.45, 2.75) is 49.2 Å². The number of allylic oxidation sites excluding steroid dienone is 4. The first-order valence-corrected chi connectivity index (χ1v) is 17.2. The molecule has 0 radical (unpaired) electrons. The minimum absolute atomic E-state index is 0.743. The van der Waals surface area contributed by atoms with Gasteiger partial charge in [0, 0.05) is 0 Å². The molecule has 2 heteroatoms. The van der Waals surface area contributed by atoms with Gasteiger partial charge in [-0.05, 0) is 0 Å². The van der Waals surface area contributed by atoms with E-state index < -0.39 is 23.8 Å². The molecule has 0 heterocycles. The van der Waals surface area contributed by atoms with Crippen molar-refractivity contribution in [2.75, 3.05) is 0 Å². The minimum atomic E-state index is -1.41. The first kappa shape index (κ1) is 18.2. The molecule has 2 unspecified atom stereocenters. The van der Waals surface area contributed by atoms with Gasteiger partial charge >= 0.3 is 166 Å². The Kier molecular flexibility index (Phi) is 4.75. The zero-order valence-electron chi connectivity index (χ0n) is 16.9. The zero-order chi connectivity index (χ0) is 18.6. The van der Waals surface area contributed by atoms with Gasteiger partial charge < -0.3 is 0 Å². The van der Waals surface area contributed by atoms with Gasteiger partial charge in [-0.2, -0.15) is 0 Å². The fourth-order valence-corrected chi connectivity index (χ4v) is 21.0. The number of hydrogen-bond donors (Lipinski definition) is 0. The molecular weight excluding hydrogens is 364 g/mol. The molecule has 0 saturated heterocycles. The van der Waals surface area contributed by atoms with Crippen molar-refractivity contribution in [3.8, 4) is 0 Å². The summed E-state index contributed by atoms with van der Waals surface area (Å²) in [5, 5.41) is 0. The van der Waals surface area contributed by atoms with Crippen LogP contribution in [0.1, 0.15) is 58.4 Å². The molecule has 0 spiro atoms. The molecule has 0 amide bonds. The molecule has 0 aromatic heterocycles. The van der Waals surface area contributed by atoms with Crippen molar-refractivity contribution in [1.82, 2.24) is 0 Å². The number of rotatable bonds is 3. The summed E-state index contributed by atoms with van der Waals surface area (Å²) in [7, 11) is 0. The first-order valence-electron chi connectivity index (χ1n) is 9.83. The molecule has 0 nitrogen and oxygen atoms in total. The molecule has 2 atom stereocenters. The molecule has 0 N–H and O–H groups in total. The topological polar surface area (TPSA) is 0 Å². The van der Waals surface area contributed by atoms with Crippen LogP contribution < -0.4 is 0 Å². The molecule has 2 aromatic carbocycles. The Morgan fingerprint density at radius 3 is 1.42 bits per heavy atom. The summed E-state index contributed by atoms with van der Waals surface area (Å²) in [6.45, 7) is 14.1. The standard InChI is InChI=1S/2C11H11.C2H7Si.Ti/c2*1-8-7-10-5-3-4-6-11(10)9(8)2;1-3-2;/h2*3-7H,1-2H3;3H,1-2H3;. The second-order valence-corrected chi connectivity index (χ2v) is 22.1. The van der Waals surface area contributed by atoms with E-state index in [4.69, 9.17) is 0 Å². The SMILES string of the molecule is CC1=C(C)[CH]([Ti]([CH]2C(C)=C(C)c3ccccc32)[SiH](C)C)c2ccccc21. The average Bonchev–Trinajstić information content (AvgIpc) is 3.03. The maximum atomic E-state index is 2.63. The molecule has 2 aliphatic rings. The second-order valence-electron chi connectivity index (χ2n) is 8.31. The quantitative estimate of drug-likeness (QED) is 0.510. The average molecular weight is 393 g/mol. The van der Waals surface area contributed by atoms with Gasteiger partial charge in [0.05, 0.1) is 0 Å². The Bertz CT molecular complexity index is 861. The summed E-state index contributed by atoms with van der Waals surface area (Å²) in [6, 6.07) is 18.5. The van der Waals surface area contributed by atoms with E-state index in [1.807, 2.05) is 0 Å². The van der Waals surface area contributed by atoms with E-state index in [2.05, 4.69) is 89.3 Å². The summed E-state index contributed by atoms with van der Waals surface area (Å²) in [6.07, 6.45) is 0. The fourth-order valence-electron chi connectivity index (χ4n) is 5.20. The van der Waals surface area contributed by atoms with Crippen LogP contribution in [0.25, 0.3) is 11.1 Å². The molecule has 26 heavy (non-hydrogen) atoms. The van der Waals surface area contributed by atoms with Crippen LogP contribution in [0.5, 0.6) is 0 Å². The predicted molar refractivity (Wildman–Crippen MR) is 114 cm³/mol. The van der Waals surface area contributed by atoms with E-state index in [0.717, 1.165) is 8.45 Å². The number of fused-ring (bicyclic) bond motifs is 2. The van der Waals surface area contributed by atoms with Crippen LogP contribution in [0.15, 0.2) is 59.7 Å². The molecular formula is C24H29SiTi. The zero-order valence-corrected chi connectivity index (χ0v) is 19.6. The van der Waals surface area contributed by atoms with Crippen LogP contribution in [0.4, 0.5) is 0 Å². The van der Waals surface area contributed by atoms with Crippen molar-refractivity contribution < 1.29 is 17.1 Å². The van der Waals surface area contributed by atoms with Gasteiger partial charge in [0.15, 0.2) is 0 Å². The van der Waals surface area contributed by atoms with Crippen LogP contribution in [-0.2, 0) is 17.1 Å².